The molecule has 0 fully saturated rings. The van der Waals surface area contributed by atoms with Crippen LogP contribution in [0.25, 0.3) is 0 Å². The summed E-state index contributed by atoms with van der Waals surface area (Å²) in [4.78, 5) is 28.3. The molecule has 20 heavy (non-hydrogen) atoms. The highest BCUT2D eigenvalue weighted by molar-refractivity contribution is 6.21. The fourth-order valence-corrected chi connectivity index (χ4v) is 2.61. The van der Waals surface area contributed by atoms with Gasteiger partial charge in [-0.3, -0.25) is 14.5 Å². The Morgan fingerprint density at radius 3 is 2.35 bits per heavy atom. The number of imide groups is 1. The van der Waals surface area contributed by atoms with Gasteiger partial charge in [0.05, 0.1) is 17.2 Å². The smallest absolute Gasteiger partial charge is 0.261 e. The summed E-state index contributed by atoms with van der Waals surface area (Å²) < 4.78 is 0. The number of likely N-dealkylation sites (N-methyl/N-ethyl adjacent to an activating group) is 1. The molecule has 0 bridgehead atoms. The average molecular weight is 275 g/mol. The molecule has 0 aliphatic carbocycles. The summed E-state index contributed by atoms with van der Waals surface area (Å²) in [5.74, 6) is -0.457. The van der Waals surface area contributed by atoms with E-state index in [9.17, 15) is 9.59 Å². The first-order chi connectivity index (χ1) is 9.49. The van der Waals surface area contributed by atoms with Gasteiger partial charge in [-0.2, -0.15) is 0 Å². The van der Waals surface area contributed by atoms with Gasteiger partial charge in [-0.1, -0.05) is 13.8 Å². The molecule has 0 saturated heterocycles. The Bertz CT molecular complexity index is 538. The lowest BCUT2D eigenvalue weighted by atomic mass is 10.1. The lowest BCUT2D eigenvalue weighted by Crippen LogP contribution is -2.45. The van der Waals surface area contributed by atoms with Crippen molar-refractivity contribution in [1.82, 2.24) is 9.80 Å². The Balaban J connectivity index is 2.23. The molecule has 108 valence electrons. The first kappa shape index (κ1) is 14.5. The quantitative estimate of drug-likeness (QED) is 0.654. The minimum absolute atomic E-state index is 0.150. The Kier molecular flexibility index (Phi) is 4.09. The normalized spacial score (nSPS) is 15.9. The van der Waals surface area contributed by atoms with Crippen molar-refractivity contribution in [2.75, 3.05) is 25.4 Å². The van der Waals surface area contributed by atoms with Gasteiger partial charge in [0.1, 0.15) is 0 Å². The molecule has 1 aliphatic heterocycles. The molecule has 1 aliphatic rings. The van der Waals surface area contributed by atoms with Crippen LogP contribution in [0.1, 0.15) is 41.5 Å². The Morgan fingerprint density at radius 2 is 1.75 bits per heavy atom. The minimum Gasteiger partial charge on any atom is -0.399 e. The van der Waals surface area contributed by atoms with E-state index < -0.39 is 0 Å². The number of benzene rings is 1. The molecule has 2 rings (SSSR count). The van der Waals surface area contributed by atoms with Crippen LogP contribution in [0.4, 0.5) is 5.69 Å². The van der Waals surface area contributed by atoms with Gasteiger partial charge in [-0.05, 0) is 38.2 Å². The van der Waals surface area contributed by atoms with Crippen molar-refractivity contribution < 1.29 is 9.59 Å². The molecule has 0 aromatic heterocycles. The first-order valence-electron chi connectivity index (χ1n) is 6.99. The van der Waals surface area contributed by atoms with Gasteiger partial charge in [0.2, 0.25) is 0 Å². The van der Waals surface area contributed by atoms with Crippen LogP contribution in [0.3, 0.4) is 0 Å². The van der Waals surface area contributed by atoms with E-state index in [4.69, 9.17) is 5.73 Å². The van der Waals surface area contributed by atoms with Crippen LogP contribution in [-0.2, 0) is 0 Å². The van der Waals surface area contributed by atoms with E-state index in [2.05, 4.69) is 18.7 Å². The van der Waals surface area contributed by atoms with E-state index in [-0.39, 0.29) is 17.9 Å². The van der Waals surface area contributed by atoms with Gasteiger partial charge in [0.25, 0.3) is 11.8 Å². The highest BCUT2D eigenvalue weighted by Gasteiger charge is 2.38. The summed E-state index contributed by atoms with van der Waals surface area (Å²) in [6.45, 7) is 8.53. The Labute approximate surface area is 119 Å². The van der Waals surface area contributed by atoms with Crippen LogP contribution in [-0.4, -0.2) is 47.3 Å². The lowest BCUT2D eigenvalue weighted by Gasteiger charge is -2.28. The predicted octanol–water partition coefficient (Wildman–Crippen LogP) is 1.60. The predicted molar refractivity (Wildman–Crippen MR) is 78.6 cm³/mol. The summed E-state index contributed by atoms with van der Waals surface area (Å²) in [7, 11) is 0. The minimum atomic E-state index is -0.239. The molecular formula is C15H21N3O2. The SMILES string of the molecule is CCN(CC)CC(C)N1C(=O)c2ccc(N)cc2C1=O. The summed E-state index contributed by atoms with van der Waals surface area (Å²) in [6, 6.07) is 4.72. The monoisotopic (exact) mass is 275 g/mol. The molecule has 2 N–H and O–H groups in total. The van der Waals surface area contributed by atoms with Crippen molar-refractivity contribution in [1.29, 1.82) is 0 Å². The van der Waals surface area contributed by atoms with Crippen molar-refractivity contribution >= 4 is 17.5 Å². The molecule has 0 radical (unpaired) electrons. The maximum Gasteiger partial charge on any atom is 0.261 e. The van der Waals surface area contributed by atoms with Crippen molar-refractivity contribution in [3.05, 3.63) is 29.3 Å². The fraction of sp³-hybridized carbons (Fsp3) is 0.467. The van der Waals surface area contributed by atoms with E-state index in [1.165, 1.54) is 4.90 Å². The summed E-state index contributed by atoms with van der Waals surface area (Å²) in [5.41, 5.74) is 7.07. The molecule has 2 amide bonds. The number of anilines is 1. The number of hydrogen-bond donors (Lipinski definition) is 1. The third-order valence-electron chi connectivity index (χ3n) is 3.80. The molecule has 5 heteroatoms. The van der Waals surface area contributed by atoms with E-state index >= 15 is 0 Å². The Morgan fingerprint density at radius 1 is 1.15 bits per heavy atom. The highest BCUT2D eigenvalue weighted by atomic mass is 16.2. The second-order valence-corrected chi connectivity index (χ2v) is 5.12. The van der Waals surface area contributed by atoms with Gasteiger partial charge in [0.15, 0.2) is 0 Å². The van der Waals surface area contributed by atoms with E-state index in [1.54, 1.807) is 18.2 Å². The van der Waals surface area contributed by atoms with Crippen LogP contribution in [0, 0.1) is 0 Å². The number of nitrogen functional groups attached to an aromatic ring is 1. The zero-order valence-corrected chi connectivity index (χ0v) is 12.2. The van der Waals surface area contributed by atoms with Crippen LogP contribution >= 0.6 is 0 Å². The van der Waals surface area contributed by atoms with Gasteiger partial charge in [-0.15, -0.1) is 0 Å². The van der Waals surface area contributed by atoms with Crippen molar-refractivity contribution in [2.24, 2.45) is 0 Å². The van der Waals surface area contributed by atoms with E-state index in [0.29, 0.717) is 23.4 Å². The van der Waals surface area contributed by atoms with Crippen LogP contribution in [0.15, 0.2) is 18.2 Å². The molecule has 1 atom stereocenters. The second kappa shape index (κ2) is 5.63. The first-order valence-corrected chi connectivity index (χ1v) is 6.99. The average Bonchev–Trinajstić information content (AvgIpc) is 2.67. The number of rotatable bonds is 5. The Hall–Kier alpha value is -1.88. The lowest BCUT2D eigenvalue weighted by molar-refractivity contribution is 0.0563. The van der Waals surface area contributed by atoms with Gasteiger partial charge < -0.3 is 10.6 Å². The number of carbonyl (C=O) groups is 2. The summed E-state index contributed by atoms with van der Waals surface area (Å²) in [5, 5.41) is 0. The highest BCUT2D eigenvalue weighted by Crippen LogP contribution is 2.26. The topological polar surface area (TPSA) is 66.6 Å². The van der Waals surface area contributed by atoms with Gasteiger partial charge in [0, 0.05) is 12.2 Å². The zero-order valence-electron chi connectivity index (χ0n) is 12.2. The molecule has 1 aromatic carbocycles. The molecular weight excluding hydrogens is 254 g/mol. The molecule has 1 unspecified atom stereocenters. The van der Waals surface area contributed by atoms with Gasteiger partial charge >= 0.3 is 0 Å². The molecule has 1 heterocycles. The largest absolute Gasteiger partial charge is 0.399 e. The number of carbonyl (C=O) groups excluding carboxylic acids is 2. The molecule has 0 saturated carbocycles. The molecule has 5 nitrogen and oxygen atoms in total. The number of hydrogen-bond acceptors (Lipinski definition) is 4. The third kappa shape index (κ3) is 2.41. The standard InChI is InChI=1S/C15H21N3O2/c1-4-17(5-2)9-10(3)18-14(19)12-7-6-11(16)8-13(12)15(18)20/h6-8,10H,4-5,9,16H2,1-3H3. The maximum absolute atomic E-state index is 12.4. The number of nitrogens with two attached hydrogens (primary N) is 1. The second-order valence-electron chi connectivity index (χ2n) is 5.12. The molecule has 0 spiro atoms. The van der Waals surface area contributed by atoms with Crippen molar-refractivity contribution in [2.45, 2.75) is 26.8 Å². The third-order valence-corrected chi connectivity index (χ3v) is 3.80. The van der Waals surface area contributed by atoms with Gasteiger partial charge in [-0.25, -0.2) is 0 Å². The maximum atomic E-state index is 12.4. The summed E-state index contributed by atoms with van der Waals surface area (Å²) in [6.07, 6.45) is 0. The number of amides is 2. The van der Waals surface area contributed by atoms with Crippen molar-refractivity contribution in [3.63, 3.8) is 0 Å². The van der Waals surface area contributed by atoms with Crippen LogP contribution in [0.2, 0.25) is 0 Å². The van der Waals surface area contributed by atoms with E-state index in [1.807, 2.05) is 6.92 Å². The summed E-state index contributed by atoms with van der Waals surface area (Å²) >= 11 is 0. The number of fused-ring (bicyclic) bond motifs is 1. The van der Waals surface area contributed by atoms with E-state index in [0.717, 1.165) is 13.1 Å². The van der Waals surface area contributed by atoms with Crippen LogP contribution < -0.4 is 5.73 Å². The zero-order chi connectivity index (χ0) is 14.9. The fourth-order valence-electron chi connectivity index (χ4n) is 2.61. The van der Waals surface area contributed by atoms with Crippen LogP contribution in [0.5, 0.6) is 0 Å². The van der Waals surface area contributed by atoms with Crippen molar-refractivity contribution in [3.8, 4) is 0 Å². The molecule has 1 aromatic rings. The number of nitrogens with zero attached hydrogens (tertiary/aromatic N) is 2.